The van der Waals surface area contributed by atoms with Gasteiger partial charge in [-0.3, -0.25) is 4.79 Å². The lowest BCUT2D eigenvalue weighted by Crippen LogP contribution is -2.27. The molecule has 2 saturated carbocycles. The number of hydrogen-bond donors (Lipinski definition) is 2. The number of aliphatic hydroxyl groups is 1. The lowest BCUT2D eigenvalue weighted by Gasteiger charge is -1.99. The van der Waals surface area contributed by atoms with Crippen LogP contribution in [-0.4, -0.2) is 29.6 Å². The molecule has 2 rings (SSSR count). The zero-order chi connectivity index (χ0) is 7.84. The van der Waals surface area contributed by atoms with Gasteiger partial charge in [0.15, 0.2) is 0 Å². The van der Waals surface area contributed by atoms with Gasteiger partial charge in [0.2, 0.25) is 0 Å². The minimum Gasteiger partial charge on any atom is -0.391 e. The maximum Gasteiger partial charge on any atom is 0.149 e. The van der Waals surface area contributed by atoms with Crippen molar-refractivity contribution in [2.45, 2.75) is 31.4 Å². The van der Waals surface area contributed by atoms with E-state index >= 15 is 0 Å². The van der Waals surface area contributed by atoms with Crippen molar-refractivity contribution in [2.75, 3.05) is 6.54 Å². The van der Waals surface area contributed by atoms with Crippen LogP contribution in [0.5, 0.6) is 0 Å². The van der Waals surface area contributed by atoms with Gasteiger partial charge < -0.3 is 10.4 Å². The Labute approximate surface area is 65.8 Å². The molecule has 2 atom stereocenters. The van der Waals surface area contributed by atoms with Crippen LogP contribution in [0.25, 0.3) is 0 Å². The molecule has 0 spiro atoms. The summed E-state index contributed by atoms with van der Waals surface area (Å²) in [6.07, 6.45) is 2.78. The second kappa shape index (κ2) is 2.57. The molecule has 0 amide bonds. The molecule has 2 N–H and O–H groups in total. The van der Waals surface area contributed by atoms with Gasteiger partial charge in [0.05, 0.1) is 12.6 Å². The van der Waals surface area contributed by atoms with Crippen LogP contribution >= 0.6 is 0 Å². The molecule has 0 aromatic rings. The molecule has 0 saturated heterocycles. The number of ketones is 1. The van der Waals surface area contributed by atoms with E-state index in [1.165, 1.54) is 0 Å². The largest absolute Gasteiger partial charge is 0.391 e. The van der Waals surface area contributed by atoms with E-state index in [1.54, 1.807) is 0 Å². The minimum atomic E-state index is -0.193. The summed E-state index contributed by atoms with van der Waals surface area (Å²) in [7, 11) is 0. The van der Waals surface area contributed by atoms with Gasteiger partial charge in [-0.2, -0.15) is 0 Å². The third kappa shape index (κ3) is 1.79. The maximum atomic E-state index is 11.1. The summed E-state index contributed by atoms with van der Waals surface area (Å²) in [5.74, 6) is 0.669. The zero-order valence-electron chi connectivity index (χ0n) is 6.42. The summed E-state index contributed by atoms with van der Waals surface area (Å²) < 4.78 is 0. The Hall–Kier alpha value is -0.410. The van der Waals surface area contributed by atoms with Crippen molar-refractivity contribution in [1.82, 2.24) is 5.32 Å². The summed E-state index contributed by atoms with van der Waals surface area (Å²) >= 11 is 0. The number of hydrogen-bond acceptors (Lipinski definition) is 3. The molecule has 2 unspecified atom stereocenters. The van der Waals surface area contributed by atoms with E-state index in [0.717, 1.165) is 19.3 Å². The lowest BCUT2D eigenvalue weighted by molar-refractivity contribution is -0.119. The Morgan fingerprint density at radius 2 is 2.18 bits per heavy atom. The van der Waals surface area contributed by atoms with Crippen molar-refractivity contribution in [1.29, 1.82) is 0 Å². The lowest BCUT2D eigenvalue weighted by atomic mass is 10.2. The summed E-state index contributed by atoms with van der Waals surface area (Å²) in [4.78, 5) is 11.1. The van der Waals surface area contributed by atoms with E-state index in [9.17, 15) is 4.79 Å². The fraction of sp³-hybridized carbons (Fsp3) is 0.875. The molecule has 0 bridgehead atoms. The van der Waals surface area contributed by atoms with Crippen LogP contribution in [-0.2, 0) is 4.79 Å². The number of carbonyl (C=O) groups is 1. The van der Waals surface area contributed by atoms with Crippen molar-refractivity contribution in [2.24, 2.45) is 5.92 Å². The van der Waals surface area contributed by atoms with Gasteiger partial charge in [-0.1, -0.05) is 0 Å². The highest BCUT2D eigenvalue weighted by atomic mass is 16.3. The molecule has 2 aliphatic rings. The number of nitrogens with one attached hydrogen (secondary N) is 1. The van der Waals surface area contributed by atoms with Gasteiger partial charge >= 0.3 is 0 Å². The molecule has 62 valence electrons. The molecule has 3 heteroatoms. The van der Waals surface area contributed by atoms with Crippen LogP contribution in [0.15, 0.2) is 0 Å². The van der Waals surface area contributed by atoms with E-state index < -0.39 is 0 Å². The van der Waals surface area contributed by atoms with E-state index in [1.807, 2.05) is 0 Å². The van der Waals surface area contributed by atoms with Crippen LogP contribution in [0.1, 0.15) is 19.3 Å². The third-order valence-electron chi connectivity index (χ3n) is 2.33. The number of carbonyl (C=O) groups excluding carboxylic acids is 1. The molecular weight excluding hydrogens is 142 g/mol. The molecule has 3 nitrogen and oxygen atoms in total. The minimum absolute atomic E-state index is 0.193. The monoisotopic (exact) mass is 155 g/mol. The van der Waals surface area contributed by atoms with E-state index in [4.69, 9.17) is 5.11 Å². The average Bonchev–Trinajstić information content (AvgIpc) is 2.77. The summed E-state index contributed by atoms with van der Waals surface area (Å²) in [5.41, 5.74) is 0. The van der Waals surface area contributed by atoms with E-state index in [-0.39, 0.29) is 12.1 Å². The number of rotatable bonds is 4. The topological polar surface area (TPSA) is 49.3 Å². The first-order valence-corrected chi connectivity index (χ1v) is 4.21. The van der Waals surface area contributed by atoms with E-state index in [0.29, 0.717) is 18.2 Å². The third-order valence-corrected chi connectivity index (χ3v) is 2.33. The smallest absolute Gasteiger partial charge is 0.149 e. The van der Waals surface area contributed by atoms with Crippen molar-refractivity contribution in [3.8, 4) is 0 Å². The summed E-state index contributed by atoms with van der Waals surface area (Å²) in [6.45, 7) is 0.465. The Kier molecular flexibility index (Phi) is 1.69. The Balaban J connectivity index is 1.62. The van der Waals surface area contributed by atoms with Crippen LogP contribution in [0.2, 0.25) is 0 Å². The summed E-state index contributed by atoms with van der Waals surface area (Å²) in [6, 6.07) is 0.206. The molecule has 2 aliphatic carbocycles. The highest BCUT2D eigenvalue weighted by molar-refractivity contribution is 5.85. The second-order valence-corrected chi connectivity index (χ2v) is 3.53. The quantitative estimate of drug-likeness (QED) is 0.585. The van der Waals surface area contributed by atoms with Crippen molar-refractivity contribution < 1.29 is 9.90 Å². The van der Waals surface area contributed by atoms with Gasteiger partial charge in [0, 0.05) is 12.0 Å². The van der Waals surface area contributed by atoms with E-state index in [2.05, 4.69) is 5.32 Å². The Bertz CT molecular complexity index is 177. The van der Waals surface area contributed by atoms with Crippen molar-refractivity contribution in [3.05, 3.63) is 0 Å². The summed E-state index contributed by atoms with van der Waals surface area (Å²) in [5, 5.41) is 11.9. The second-order valence-electron chi connectivity index (χ2n) is 3.53. The predicted molar refractivity (Wildman–Crippen MR) is 40.1 cm³/mol. The predicted octanol–water partition coefficient (Wildman–Crippen LogP) is -0.312. The fourth-order valence-corrected chi connectivity index (χ4v) is 1.18. The zero-order valence-corrected chi connectivity index (χ0v) is 6.42. The SMILES string of the molecule is O=C(CNC1CC1O)C1CC1. The highest BCUT2D eigenvalue weighted by Crippen LogP contribution is 2.29. The van der Waals surface area contributed by atoms with Gasteiger partial charge in [-0.25, -0.2) is 0 Å². The number of Topliss-reactive ketones (excluding diaryl/α,β-unsaturated/α-hetero) is 1. The first kappa shape index (κ1) is 7.25. The number of aliphatic hydroxyl groups excluding tert-OH is 1. The highest BCUT2D eigenvalue weighted by Gasteiger charge is 2.36. The first-order valence-electron chi connectivity index (χ1n) is 4.21. The maximum absolute atomic E-state index is 11.1. The Morgan fingerprint density at radius 3 is 2.64 bits per heavy atom. The van der Waals surface area contributed by atoms with Crippen LogP contribution in [0.4, 0.5) is 0 Å². The molecule has 11 heavy (non-hydrogen) atoms. The van der Waals surface area contributed by atoms with Gasteiger partial charge in [-0.15, -0.1) is 0 Å². The van der Waals surface area contributed by atoms with Gasteiger partial charge in [0.1, 0.15) is 5.78 Å². The van der Waals surface area contributed by atoms with Crippen molar-refractivity contribution in [3.63, 3.8) is 0 Å². The average molecular weight is 155 g/mol. The molecule has 0 aromatic heterocycles. The Morgan fingerprint density at radius 1 is 1.55 bits per heavy atom. The molecule has 0 radical (unpaired) electrons. The fourth-order valence-electron chi connectivity index (χ4n) is 1.18. The van der Waals surface area contributed by atoms with Gasteiger partial charge in [-0.05, 0) is 19.3 Å². The molecule has 2 fully saturated rings. The molecular formula is C8H13NO2. The molecule has 0 heterocycles. The normalized spacial score (nSPS) is 35.4. The van der Waals surface area contributed by atoms with Crippen molar-refractivity contribution >= 4 is 5.78 Å². The first-order chi connectivity index (χ1) is 5.27. The molecule has 0 aromatic carbocycles. The standard InChI is InChI=1S/C8H13NO2/c10-7-3-6(7)9-4-8(11)5-1-2-5/h5-7,9-10H,1-4H2. The van der Waals surface area contributed by atoms with Crippen LogP contribution in [0.3, 0.4) is 0 Å². The van der Waals surface area contributed by atoms with Gasteiger partial charge in [0.25, 0.3) is 0 Å². The molecule has 0 aliphatic heterocycles. The van der Waals surface area contributed by atoms with Crippen LogP contribution in [0, 0.1) is 5.92 Å². The van der Waals surface area contributed by atoms with Crippen LogP contribution < -0.4 is 5.32 Å².